The van der Waals surface area contributed by atoms with Crippen LogP contribution in [0.5, 0.6) is 0 Å². The minimum Gasteiger partial charge on any atom is -0.393 e. The maximum Gasteiger partial charge on any atom is 0.0575 e. The fourth-order valence-electron chi connectivity index (χ4n) is 1.73. The Morgan fingerprint density at radius 1 is 1.38 bits per heavy atom. The topological polar surface area (TPSA) is 29.5 Å². The van der Waals surface area contributed by atoms with Gasteiger partial charge in [0.15, 0.2) is 0 Å². The molecule has 2 heteroatoms. The molecule has 0 aromatic carbocycles. The second kappa shape index (κ2) is 5.61. The Morgan fingerprint density at radius 2 is 2.15 bits per heavy atom. The average molecular weight is 186 g/mol. The lowest BCUT2D eigenvalue weighted by atomic mass is 9.95. The van der Waals surface area contributed by atoms with Gasteiger partial charge in [0.25, 0.3) is 0 Å². The third-order valence-corrected chi connectivity index (χ3v) is 3.04. The fourth-order valence-corrected chi connectivity index (χ4v) is 1.73. The van der Waals surface area contributed by atoms with Crippen LogP contribution in [0.3, 0.4) is 0 Å². The first-order chi connectivity index (χ1) is 6.20. The Labute approximate surface area is 81.3 Å². The summed E-state index contributed by atoms with van der Waals surface area (Å²) in [6.07, 6.45) is 6.25. The molecule has 1 saturated heterocycles. The van der Waals surface area contributed by atoms with Gasteiger partial charge in [0.2, 0.25) is 0 Å². The summed E-state index contributed by atoms with van der Waals surface area (Å²) in [6.45, 7) is 4.91. The monoisotopic (exact) mass is 186 g/mol. The zero-order chi connectivity index (χ0) is 9.68. The van der Waals surface area contributed by atoms with Crippen molar-refractivity contribution < 1.29 is 9.84 Å². The van der Waals surface area contributed by atoms with Crippen LogP contribution in [0.4, 0.5) is 0 Å². The van der Waals surface area contributed by atoms with E-state index in [0.717, 1.165) is 19.4 Å². The van der Waals surface area contributed by atoms with Gasteiger partial charge in [-0.1, -0.05) is 6.92 Å². The first kappa shape index (κ1) is 11.0. The van der Waals surface area contributed by atoms with Gasteiger partial charge in [0, 0.05) is 6.61 Å². The molecular formula is C11H22O2. The third-order valence-electron chi connectivity index (χ3n) is 3.04. The normalized spacial score (nSPS) is 28.4. The van der Waals surface area contributed by atoms with E-state index in [4.69, 9.17) is 4.74 Å². The minimum absolute atomic E-state index is 0.177. The first-order valence-electron chi connectivity index (χ1n) is 5.50. The van der Waals surface area contributed by atoms with Crippen LogP contribution in [0, 0.1) is 5.92 Å². The van der Waals surface area contributed by atoms with Crippen LogP contribution in [0.15, 0.2) is 0 Å². The van der Waals surface area contributed by atoms with Gasteiger partial charge in [-0.05, 0) is 44.9 Å². The molecule has 13 heavy (non-hydrogen) atoms. The predicted octanol–water partition coefficient (Wildman–Crippen LogP) is 2.35. The maximum absolute atomic E-state index is 9.31. The highest BCUT2D eigenvalue weighted by molar-refractivity contribution is 4.67. The number of hydrogen-bond acceptors (Lipinski definition) is 2. The fraction of sp³-hybridized carbons (Fsp3) is 1.00. The Bertz CT molecular complexity index is 128. The van der Waals surface area contributed by atoms with E-state index in [9.17, 15) is 5.11 Å². The zero-order valence-corrected chi connectivity index (χ0v) is 8.83. The molecule has 1 fully saturated rings. The lowest BCUT2D eigenvalue weighted by molar-refractivity contribution is 0.00391. The van der Waals surface area contributed by atoms with Crippen molar-refractivity contribution in [3.63, 3.8) is 0 Å². The predicted molar refractivity (Wildman–Crippen MR) is 53.7 cm³/mol. The van der Waals surface area contributed by atoms with Crippen molar-refractivity contribution in [3.8, 4) is 0 Å². The van der Waals surface area contributed by atoms with Gasteiger partial charge in [0.05, 0.1) is 12.2 Å². The number of ether oxygens (including phenoxy) is 1. The molecule has 0 amide bonds. The zero-order valence-electron chi connectivity index (χ0n) is 8.83. The molecule has 78 valence electrons. The van der Waals surface area contributed by atoms with Crippen molar-refractivity contribution in [2.24, 2.45) is 5.92 Å². The largest absolute Gasteiger partial charge is 0.393 e. The molecule has 0 radical (unpaired) electrons. The molecule has 0 aromatic rings. The first-order valence-corrected chi connectivity index (χ1v) is 5.50. The van der Waals surface area contributed by atoms with E-state index >= 15 is 0 Å². The molecule has 0 spiro atoms. The van der Waals surface area contributed by atoms with Crippen molar-refractivity contribution in [2.45, 2.75) is 58.2 Å². The second-order valence-corrected chi connectivity index (χ2v) is 4.28. The second-order valence-electron chi connectivity index (χ2n) is 4.28. The van der Waals surface area contributed by atoms with Crippen LogP contribution in [0.25, 0.3) is 0 Å². The highest BCUT2D eigenvalue weighted by atomic mass is 16.5. The summed E-state index contributed by atoms with van der Waals surface area (Å²) >= 11 is 0. The SMILES string of the molecule is CC(O)C(C)CCC1CCCCO1. The molecule has 0 bridgehead atoms. The van der Waals surface area contributed by atoms with Crippen LogP contribution >= 0.6 is 0 Å². The molecule has 2 nitrogen and oxygen atoms in total. The molecule has 0 aliphatic carbocycles. The third kappa shape index (κ3) is 4.10. The van der Waals surface area contributed by atoms with Crippen molar-refractivity contribution in [1.82, 2.24) is 0 Å². The number of rotatable bonds is 4. The van der Waals surface area contributed by atoms with Crippen molar-refractivity contribution in [2.75, 3.05) is 6.61 Å². The molecule has 0 aromatic heterocycles. The number of aliphatic hydroxyl groups is 1. The quantitative estimate of drug-likeness (QED) is 0.730. The van der Waals surface area contributed by atoms with Gasteiger partial charge in [0.1, 0.15) is 0 Å². The van der Waals surface area contributed by atoms with Crippen LogP contribution in [0.1, 0.15) is 46.0 Å². The van der Waals surface area contributed by atoms with Crippen LogP contribution in [-0.2, 0) is 4.74 Å². The molecule has 0 saturated carbocycles. The van der Waals surface area contributed by atoms with Gasteiger partial charge in [-0.3, -0.25) is 0 Å². The van der Waals surface area contributed by atoms with Crippen molar-refractivity contribution >= 4 is 0 Å². The van der Waals surface area contributed by atoms with Gasteiger partial charge >= 0.3 is 0 Å². The maximum atomic E-state index is 9.31. The van der Waals surface area contributed by atoms with Gasteiger partial charge in [-0.2, -0.15) is 0 Å². The standard InChI is InChI=1S/C11H22O2/c1-9(10(2)12)6-7-11-5-3-4-8-13-11/h9-12H,3-8H2,1-2H3. The molecule has 1 aliphatic heterocycles. The van der Waals surface area contributed by atoms with E-state index < -0.39 is 0 Å². The minimum atomic E-state index is -0.177. The smallest absolute Gasteiger partial charge is 0.0575 e. The molecule has 1 aliphatic rings. The summed E-state index contributed by atoms with van der Waals surface area (Å²) in [5, 5.41) is 9.31. The summed E-state index contributed by atoms with van der Waals surface area (Å²) in [5.41, 5.74) is 0. The summed E-state index contributed by atoms with van der Waals surface area (Å²) in [4.78, 5) is 0. The summed E-state index contributed by atoms with van der Waals surface area (Å²) < 4.78 is 5.63. The number of hydrogen-bond donors (Lipinski definition) is 1. The summed E-state index contributed by atoms with van der Waals surface area (Å²) in [5.74, 6) is 0.408. The van der Waals surface area contributed by atoms with Crippen LogP contribution in [0.2, 0.25) is 0 Å². The Kier molecular flexibility index (Phi) is 4.74. The van der Waals surface area contributed by atoms with E-state index in [1.165, 1.54) is 19.3 Å². The lowest BCUT2D eigenvalue weighted by Crippen LogP contribution is -2.21. The Hall–Kier alpha value is -0.0800. The van der Waals surface area contributed by atoms with Crippen LogP contribution in [-0.4, -0.2) is 23.9 Å². The molecular weight excluding hydrogens is 164 g/mol. The van der Waals surface area contributed by atoms with E-state index in [-0.39, 0.29) is 6.10 Å². The molecule has 3 unspecified atom stereocenters. The molecule has 1 rings (SSSR count). The van der Waals surface area contributed by atoms with E-state index in [1.54, 1.807) is 0 Å². The van der Waals surface area contributed by atoms with Crippen molar-refractivity contribution in [1.29, 1.82) is 0 Å². The van der Waals surface area contributed by atoms with Gasteiger partial charge in [-0.15, -0.1) is 0 Å². The number of aliphatic hydroxyl groups excluding tert-OH is 1. The van der Waals surface area contributed by atoms with Gasteiger partial charge < -0.3 is 9.84 Å². The van der Waals surface area contributed by atoms with Crippen molar-refractivity contribution in [3.05, 3.63) is 0 Å². The molecule has 3 atom stereocenters. The summed E-state index contributed by atoms with van der Waals surface area (Å²) in [7, 11) is 0. The highest BCUT2D eigenvalue weighted by Crippen LogP contribution is 2.20. The Morgan fingerprint density at radius 3 is 2.69 bits per heavy atom. The highest BCUT2D eigenvalue weighted by Gasteiger charge is 2.16. The van der Waals surface area contributed by atoms with E-state index in [1.807, 2.05) is 6.92 Å². The summed E-state index contributed by atoms with van der Waals surface area (Å²) in [6, 6.07) is 0. The Balaban J connectivity index is 2.10. The van der Waals surface area contributed by atoms with Crippen LogP contribution < -0.4 is 0 Å². The molecule has 1 heterocycles. The average Bonchev–Trinajstić information content (AvgIpc) is 2.15. The molecule has 1 N–H and O–H groups in total. The van der Waals surface area contributed by atoms with Gasteiger partial charge in [-0.25, -0.2) is 0 Å². The lowest BCUT2D eigenvalue weighted by Gasteiger charge is -2.24. The van der Waals surface area contributed by atoms with E-state index in [0.29, 0.717) is 12.0 Å². The van der Waals surface area contributed by atoms with E-state index in [2.05, 4.69) is 6.92 Å².